The van der Waals surface area contributed by atoms with Crippen molar-refractivity contribution in [1.29, 1.82) is 0 Å². The minimum atomic E-state index is -4.02. The van der Waals surface area contributed by atoms with Crippen LogP contribution >= 0.6 is 7.60 Å². The molecule has 0 heterocycles. The van der Waals surface area contributed by atoms with Gasteiger partial charge in [-0.2, -0.15) is 0 Å². The summed E-state index contributed by atoms with van der Waals surface area (Å²) in [5, 5.41) is 0.0648. The minimum absolute atomic E-state index is 0. The third-order valence-electron chi connectivity index (χ3n) is 1.09. The molecule has 0 bridgehead atoms. The monoisotopic (exact) mass is 204 g/mol. The van der Waals surface area contributed by atoms with Crippen LogP contribution in [0, 0.1) is 0 Å². The van der Waals surface area contributed by atoms with Crippen molar-refractivity contribution < 1.29 is 14.4 Å². The molecular formula is C6H7Na2O3P. The van der Waals surface area contributed by atoms with Crippen molar-refractivity contribution in [2.45, 2.75) is 0 Å². The third kappa shape index (κ3) is 5.18. The van der Waals surface area contributed by atoms with E-state index in [1.54, 1.807) is 18.2 Å². The first-order valence-electron chi connectivity index (χ1n) is 2.72. The van der Waals surface area contributed by atoms with Gasteiger partial charge in [0.2, 0.25) is 0 Å². The molecule has 12 heavy (non-hydrogen) atoms. The van der Waals surface area contributed by atoms with Gasteiger partial charge in [-0.1, -0.05) is 18.2 Å². The molecule has 0 fully saturated rings. The van der Waals surface area contributed by atoms with Crippen LogP contribution in [0.15, 0.2) is 30.3 Å². The molecule has 0 saturated carbocycles. The Hall–Kier alpha value is 1.37. The number of hydrogen-bond acceptors (Lipinski definition) is 1. The second-order valence-electron chi connectivity index (χ2n) is 1.88. The van der Waals surface area contributed by atoms with E-state index in [1.165, 1.54) is 12.1 Å². The van der Waals surface area contributed by atoms with E-state index in [1.807, 2.05) is 0 Å². The van der Waals surface area contributed by atoms with Crippen molar-refractivity contribution in [3.8, 4) is 0 Å². The minimum Gasteiger partial charge on any atom is -0.321 e. The molecule has 0 aliphatic heterocycles. The average Bonchev–Trinajstić information content (AvgIpc) is 1.88. The quantitative estimate of drug-likeness (QED) is 0.489. The molecule has 0 spiro atoms. The van der Waals surface area contributed by atoms with Crippen LogP contribution in [0.3, 0.4) is 0 Å². The van der Waals surface area contributed by atoms with Gasteiger partial charge in [-0.15, -0.1) is 0 Å². The van der Waals surface area contributed by atoms with Gasteiger partial charge in [0.25, 0.3) is 0 Å². The van der Waals surface area contributed by atoms with Crippen molar-refractivity contribution >= 4 is 72.0 Å². The van der Waals surface area contributed by atoms with E-state index in [2.05, 4.69) is 0 Å². The van der Waals surface area contributed by atoms with E-state index in [4.69, 9.17) is 9.79 Å². The predicted molar refractivity (Wildman–Crippen MR) is 49.6 cm³/mol. The summed E-state index contributed by atoms with van der Waals surface area (Å²) in [5.41, 5.74) is 0. The molecular weight excluding hydrogens is 197 g/mol. The molecule has 0 aliphatic rings. The zero-order valence-corrected chi connectivity index (χ0v) is 12.0. The van der Waals surface area contributed by atoms with E-state index in [0.717, 1.165) is 0 Å². The van der Waals surface area contributed by atoms with E-state index in [-0.39, 0.29) is 64.4 Å². The Morgan fingerprint density at radius 1 is 1.00 bits per heavy atom. The summed E-state index contributed by atoms with van der Waals surface area (Å²) in [6, 6.07) is 7.70. The number of hydrogen-bond donors (Lipinski definition) is 2. The number of benzene rings is 1. The van der Waals surface area contributed by atoms with Gasteiger partial charge in [0, 0.05) is 59.1 Å². The Balaban J connectivity index is 0. The van der Waals surface area contributed by atoms with Gasteiger partial charge in [-0.05, 0) is 12.1 Å². The van der Waals surface area contributed by atoms with Crippen molar-refractivity contribution in [1.82, 2.24) is 0 Å². The number of rotatable bonds is 1. The van der Waals surface area contributed by atoms with Crippen LogP contribution in [0.5, 0.6) is 0 Å². The Morgan fingerprint density at radius 2 is 1.42 bits per heavy atom. The summed E-state index contributed by atoms with van der Waals surface area (Å²) in [6.07, 6.45) is 0. The van der Waals surface area contributed by atoms with Gasteiger partial charge in [-0.3, -0.25) is 4.57 Å². The van der Waals surface area contributed by atoms with E-state index in [0.29, 0.717) is 0 Å². The van der Waals surface area contributed by atoms with Crippen molar-refractivity contribution in [3.05, 3.63) is 30.3 Å². The maximum absolute atomic E-state index is 10.5. The van der Waals surface area contributed by atoms with Gasteiger partial charge < -0.3 is 9.79 Å². The van der Waals surface area contributed by atoms with E-state index < -0.39 is 7.60 Å². The standard InChI is InChI=1S/C6H7O3P.2Na/c7-10(8,9)6-4-2-1-3-5-6;;/h1-5H,(H2,7,8,9);;. The first-order chi connectivity index (χ1) is 4.61. The first-order valence-corrected chi connectivity index (χ1v) is 4.33. The van der Waals surface area contributed by atoms with Gasteiger partial charge in [-0.25, -0.2) is 0 Å². The van der Waals surface area contributed by atoms with Gasteiger partial charge in [0.1, 0.15) is 0 Å². The Labute approximate surface area is 115 Å². The molecule has 0 unspecified atom stereocenters. The molecule has 2 radical (unpaired) electrons. The smallest absolute Gasteiger partial charge is 0.321 e. The largest absolute Gasteiger partial charge is 0.356 e. The van der Waals surface area contributed by atoms with Crippen molar-refractivity contribution in [2.24, 2.45) is 0 Å². The molecule has 56 valence electrons. The van der Waals surface area contributed by atoms with Crippen LogP contribution in [0.1, 0.15) is 0 Å². The second-order valence-corrected chi connectivity index (χ2v) is 3.48. The third-order valence-corrected chi connectivity index (χ3v) is 2.06. The van der Waals surface area contributed by atoms with Crippen LogP contribution < -0.4 is 5.30 Å². The molecule has 0 saturated heterocycles. The molecule has 1 aromatic rings. The Bertz CT molecular complexity index is 259. The topological polar surface area (TPSA) is 57.5 Å². The van der Waals surface area contributed by atoms with E-state index >= 15 is 0 Å². The fourth-order valence-corrected chi connectivity index (χ4v) is 1.18. The van der Waals surface area contributed by atoms with Crippen LogP contribution in [0.4, 0.5) is 0 Å². The zero-order valence-electron chi connectivity index (χ0n) is 7.14. The molecule has 2 N–H and O–H groups in total. The summed E-state index contributed by atoms with van der Waals surface area (Å²) >= 11 is 0. The summed E-state index contributed by atoms with van der Waals surface area (Å²) in [4.78, 5) is 17.2. The summed E-state index contributed by atoms with van der Waals surface area (Å²) in [5.74, 6) is 0. The average molecular weight is 204 g/mol. The normalized spacial score (nSPS) is 9.50. The van der Waals surface area contributed by atoms with Crippen molar-refractivity contribution in [3.63, 3.8) is 0 Å². The van der Waals surface area contributed by atoms with Gasteiger partial charge >= 0.3 is 7.60 Å². The molecule has 0 amide bonds. The maximum Gasteiger partial charge on any atom is 0.356 e. The van der Waals surface area contributed by atoms with Crippen LogP contribution in [0.2, 0.25) is 0 Å². The van der Waals surface area contributed by atoms with Crippen LogP contribution in [-0.4, -0.2) is 68.9 Å². The molecule has 6 heteroatoms. The summed E-state index contributed by atoms with van der Waals surface area (Å²) in [7, 11) is -4.02. The van der Waals surface area contributed by atoms with Crippen LogP contribution in [-0.2, 0) is 4.57 Å². The molecule has 0 aliphatic carbocycles. The summed E-state index contributed by atoms with van der Waals surface area (Å²) < 4.78 is 10.5. The fourth-order valence-electron chi connectivity index (χ4n) is 0.622. The fraction of sp³-hybridized carbons (Fsp3) is 0. The SMILES string of the molecule is O=P(O)(O)c1ccccc1.[Na].[Na]. The van der Waals surface area contributed by atoms with Gasteiger partial charge in [0.15, 0.2) is 0 Å². The molecule has 1 aromatic carbocycles. The molecule has 1 rings (SSSR count). The summed E-state index contributed by atoms with van der Waals surface area (Å²) in [6.45, 7) is 0. The molecule has 0 atom stereocenters. The van der Waals surface area contributed by atoms with E-state index in [9.17, 15) is 4.57 Å². The molecule has 0 aromatic heterocycles. The predicted octanol–water partition coefficient (Wildman–Crippen LogP) is -0.272. The second kappa shape index (κ2) is 6.77. The molecule has 3 nitrogen and oxygen atoms in total. The Morgan fingerprint density at radius 3 is 1.67 bits per heavy atom. The first kappa shape index (κ1) is 15.8. The zero-order chi connectivity index (χ0) is 7.61. The Kier molecular flexibility index (Phi) is 8.93. The van der Waals surface area contributed by atoms with Gasteiger partial charge in [0.05, 0.1) is 5.30 Å². The van der Waals surface area contributed by atoms with Crippen LogP contribution in [0.25, 0.3) is 0 Å². The van der Waals surface area contributed by atoms with Crippen molar-refractivity contribution in [2.75, 3.05) is 0 Å². The maximum atomic E-state index is 10.5.